The van der Waals surface area contributed by atoms with Gasteiger partial charge in [-0.2, -0.15) is 10.1 Å². The van der Waals surface area contributed by atoms with Crippen LogP contribution in [0.15, 0.2) is 23.5 Å². The van der Waals surface area contributed by atoms with Gasteiger partial charge in [-0.15, -0.1) is 0 Å². The van der Waals surface area contributed by atoms with Gasteiger partial charge in [0.05, 0.1) is 27.5 Å². The van der Waals surface area contributed by atoms with Crippen molar-refractivity contribution in [1.82, 2.24) is 29.6 Å². The standard InChI is InChI=1S/C29H32Cl3N7O4S/c1-29(2,3)43-28(40)38-10-8-37(9-11-38)25-16-13-20(31)34-26(23(16)35-27(36-25)44-4)42-24-17-15-33-39(21-7-5-6-12-41-21)19(17)14-18(30)22(24)32/h13-15,21H,5-12H2,1-4H3. The zero-order chi connectivity index (χ0) is 31.2. The minimum atomic E-state index is -0.565. The highest BCUT2D eigenvalue weighted by Crippen LogP contribution is 2.44. The first kappa shape index (κ1) is 31.2. The molecule has 44 heavy (non-hydrogen) atoms. The van der Waals surface area contributed by atoms with Gasteiger partial charge in [0.25, 0.3) is 0 Å². The number of fused-ring (bicyclic) bond motifs is 2. The van der Waals surface area contributed by atoms with Crippen molar-refractivity contribution in [2.45, 2.75) is 57.0 Å². The van der Waals surface area contributed by atoms with Crippen molar-refractivity contribution in [2.75, 3.05) is 43.9 Å². The van der Waals surface area contributed by atoms with Crippen LogP contribution in [0.25, 0.3) is 21.8 Å². The van der Waals surface area contributed by atoms with Crippen molar-refractivity contribution in [3.05, 3.63) is 33.5 Å². The lowest BCUT2D eigenvalue weighted by Gasteiger charge is -2.36. The summed E-state index contributed by atoms with van der Waals surface area (Å²) in [7, 11) is 0. The third-order valence-electron chi connectivity index (χ3n) is 7.37. The number of amides is 1. The molecule has 3 aromatic heterocycles. The summed E-state index contributed by atoms with van der Waals surface area (Å²) < 4.78 is 19.8. The van der Waals surface area contributed by atoms with Gasteiger partial charge in [0, 0.05) is 32.8 Å². The molecular formula is C29H32Cl3N7O4S. The average molecular weight is 681 g/mol. The molecule has 0 aliphatic carbocycles. The second kappa shape index (κ2) is 12.6. The highest BCUT2D eigenvalue weighted by molar-refractivity contribution is 7.98. The number of hydrogen-bond donors (Lipinski definition) is 0. The summed E-state index contributed by atoms with van der Waals surface area (Å²) in [5, 5.41) is 7.16. The molecule has 2 aliphatic heterocycles. The van der Waals surface area contributed by atoms with Gasteiger partial charge in [-0.25, -0.2) is 19.4 Å². The topological polar surface area (TPSA) is 108 Å². The summed E-state index contributed by atoms with van der Waals surface area (Å²) >= 11 is 21.3. The highest BCUT2D eigenvalue weighted by atomic mass is 35.5. The molecule has 234 valence electrons. The van der Waals surface area contributed by atoms with E-state index in [-0.39, 0.29) is 28.4 Å². The highest BCUT2D eigenvalue weighted by Gasteiger charge is 2.29. The molecule has 11 nitrogen and oxygen atoms in total. The third-order valence-corrected chi connectivity index (χ3v) is 8.88. The summed E-state index contributed by atoms with van der Waals surface area (Å²) in [6.45, 7) is 8.27. The van der Waals surface area contributed by atoms with Gasteiger partial charge in [0.1, 0.15) is 27.1 Å². The summed E-state index contributed by atoms with van der Waals surface area (Å²) in [5.41, 5.74) is 0.630. The lowest BCUT2D eigenvalue weighted by molar-refractivity contribution is -0.0366. The van der Waals surface area contributed by atoms with Gasteiger partial charge in [0.2, 0.25) is 5.88 Å². The molecule has 1 unspecified atom stereocenters. The maximum Gasteiger partial charge on any atom is 0.410 e. The van der Waals surface area contributed by atoms with Crippen LogP contribution >= 0.6 is 46.6 Å². The Balaban J connectivity index is 1.37. The lowest BCUT2D eigenvalue weighted by atomic mass is 10.2. The molecule has 0 N–H and O–H groups in total. The SMILES string of the molecule is CSc1nc(N2CCN(C(=O)OC(C)(C)C)CC2)c2cc(Cl)nc(Oc3c(Cl)c(Cl)cc4c3cnn4C3CCCCO3)c2n1. The van der Waals surface area contributed by atoms with E-state index in [4.69, 9.17) is 59.0 Å². The number of benzene rings is 1. The summed E-state index contributed by atoms with van der Waals surface area (Å²) in [5.74, 6) is 1.12. The first-order valence-electron chi connectivity index (χ1n) is 14.3. The molecule has 0 saturated carbocycles. The molecule has 2 aliphatic rings. The van der Waals surface area contributed by atoms with E-state index in [0.717, 1.165) is 24.8 Å². The predicted molar refractivity (Wildman–Crippen MR) is 173 cm³/mol. The van der Waals surface area contributed by atoms with E-state index in [2.05, 4.69) is 15.0 Å². The number of piperazine rings is 1. The molecule has 15 heteroatoms. The number of pyridine rings is 1. The van der Waals surface area contributed by atoms with Crippen molar-refractivity contribution in [3.63, 3.8) is 0 Å². The van der Waals surface area contributed by atoms with Crippen LogP contribution in [-0.4, -0.2) is 80.4 Å². The zero-order valence-electron chi connectivity index (χ0n) is 24.8. The predicted octanol–water partition coefficient (Wildman–Crippen LogP) is 7.61. The minimum absolute atomic E-state index is 0.158. The zero-order valence-corrected chi connectivity index (χ0v) is 27.9. The van der Waals surface area contributed by atoms with E-state index in [1.807, 2.05) is 31.7 Å². The fourth-order valence-corrected chi connectivity index (χ4v) is 6.24. The first-order chi connectivity index (χ1) is 21.0. The third kappa shape index (κ3) is 6.32. The van der Waals surface area contributed by atoms with Crippen LogP contribution in [0.5, 0.6) is 11.6 Å². The van der Waals surface area contributed by atoms with Crippen LogP contribution in [0.2, 0.25) is 15.2 Å². The number of hydrogen-bond acceptors (Lipinski definition) is 10. The van der Waals surface area contributed by atoms with Gasteiger partial charge >= 0.3 is 6.09 Å². The first-order valence-corrected chi connectivity index (χ1v) is 16.7. The fourth-order valence-electron chi connectivity index (χ4n) is 5.31. The van der Waals surface area contributed by atoms with Crippen LogP contribution in [-0.2, 0) is 9.47 Å². The van der Waals surface area contributed by atoms with Crippen molar-refractivity contribution < 1.29 is 19.0 Å². The average Bonchev–Trinajstić information content (AvgIpc) is 3.42. The molecule has 6 rings (SSSR count). The smallest absolute Gasteiger partial charge is 0.410 e. The maximum atomic E-state index is 12.6. The van der Waals surface area contributed by atoms with Gasteiger partial charge in [-0.3, -0.25) is 0 Å². The number of carbonyl (C=O) groups excluding carboxylic acids is 1. The molecule has 0 spiro atoms. The van der Waals surface area contributed by atoms with Crippen molar-refractivity contribution in [1.29, 1.82) is 0 Å². The molecular weight excluding hydrogens is 649 g/mol. The number of rotatable bonds is 5. The Kier molecular flexibility index (Phi) is 8.91. The normalized spacial score (nSPS) is 17.8. The largest absolute Gasteiger partial charge is 0.444 e. The Hall–Kier alpha value is -2.77. The Bertz CT molecular complexity index is 1720. The molecule has 1 amide bonds. The van der Waals surface area contributed by atoms with E-state index in [1.165, 1.54) is 11.8 Å². The lowest BCUT2D eigenvalue weighted by Crippen LogP contribution is -2.50. The molecule has 5 heterocycles. The monoisotopic (exact) mass is 679 g/mol. The number of nitrogens with zero attached hydrogens (tertiary/aromatic N) is 7. The minimum Gasteiger partial charge on any atom is -0.444 e. The molecule has 0 bridgehead atoms. The number of halogens is 3. The Labute approximate surface area is 274 Å². The second-order valence-corrected chi connectivity index (χ2v) is 13.5. The summed E-state index contributed by atoms with van der Waals surface area (Å²) in [6, 6.07) is 3.49. The van der Waals surface area contributed by atoms with Crippen molar-refractivity contribution in [3.8, 4) is 11.6 Å². The molecule has 2 fully saturated rings. The van der Waals surface area contributed by atoms with E-state index >= 15 is 0 Å². The van der Waals surface area contributed by atoms with Gasteiger partial charge < -0.3 is 24.0 Å². The number of carbonyl (C=O) groups is 1. The molecule has 1 atom stereocenters. The van der Waals surface area contributed by atoms with Crippen LogP contribution in [0.4, 0.5) is 10.6 Å². The van der Waals surface area contributed by atoms with Crippen LogP contribution in [0.1, 0.15) is 46.3 Å². The van der Waals surface area contributed by atoms with Gasteiger partial charge in [-0.1, -0.05) is 46.6 Å². The second-order valence-electron chi connectivity index (χ2n) is 11.6. The fraction of sp³-hybridized carbons (Fsp3) is 0.483. The van der Waals surface area contributed by atoms with E-state index < -0.39 is 5.60 Å². The van der Waals surface area contributed by atoms with Gasteiger partial charge in [-0.05, 0) is 58.4 Å². The molecule has 0 radical (unpaired) electrons. The van der Waals surface area contributed by atoms with Crippen LogP contribution in [0, 0.1) is 0 Å². The Morgan fingerprint density at radius 3 is 2.50 bits per heavy atom. The summed E-state index contributed by atoms with van der Waals surface area (Å²) in [6.07, 6.45) is 5.96. The number of aromatic nitrogens is 5. The van der Waals surface area contributed by atoms with E-state index in [0.29, 0.717) is 70.8 Å². The Morgan fingerprint density at radius 1 is 1.05 bits per heavy atom. The molecule has 4 aromatic rings. The summed E-state index contributed by atoms with van der Waals surface area (Å²) in [4.78, 5) is 30.5. The van der Waals surface area contributed by atoms with E-state index in [1.54, 1.807) is 23.2 Å². The number of thioether (sulfide) groups is 1. The Morgan fingerprint density at radius 2 is 1.82 bits per heavy atom. The number of anilines is 1. The van der Waals surface area contributed by atoms with E-state index in [9.17, 15) is 4.79 Å². The van der Waals surface area contributed by atoms with Gasteiger partial charge in [0.15, 0.2) is 17.1 Å². The van der Waals surface area contributed by atoms with Crippen LogP contribution < -0.4 is 9.64 Å². The van der Waals surface area contributed by atoms with Crippen LogP contribution in [0.3, 0.4) is 0 Å². The maximum absolute atomic E-state index is 12.6. The molecule has 1 aromatic carbocycles. The quantitative estimate of drug-likeness (QED) is 0.119. The van der Waals surface area contributed by atoms with Crippen molar-refractivity contribution in [2.24, 2.45) is 0 Å². The molecule has 2 saturated heterocycles. The number of ether oxygens (including phenoxy) is 3. The van der Waals surface area contributed by atoms with Crippen molar-refractivity contribution >= 4 is 80.3 Å².